The summed E-state index contributed by atoms with van der Waals surface area (Å²) >= 11 is 1.68. The Morgan fingerprint density at radius 3 is 2.93 bits per heavy atom. The van der Waals surface area contributed by atoms with Crippen molar-refractivity contribution in [2.75, 3.05) is 30.3 Å². The maximum atomic E-state index is 11.8. The third-order valence-electron chi connectivity index (χ3n) is 2.52. The normalized spacial score (nSPS) is 23.6. The van der Waals surface area contributed by atoms with E-state index in [2.05, 4.69) is 6.07 Å². The van der Waals surface area contributed by atoms with Crippen molar-refractivity contribution in [2.45, 2.75) is 18.7 Å². The summed E-state index contributed by atoms with van der Waals surface area (Å²) < 4.78 is 23.6. The van der Waals surface area contributed by atoms with Crippen LogP contribution < -0.4 is 0 Å². The second-order valence-electron chi connectivity index (χ2n) is 3.43. The molecule has 1 unspecified atom stereocenters. The summed E-state index contributed by atoms with van der Waals surface area (Å²) in [5, 5.41) is 8.13. The Morgan fingerprint density at radius 2 is 2.33 bits per heavy atom. The monoisotopic (exact) mass is 248 g/mol. The molecule has 0 bridgehead atoms. The molecule has 1 fully saturated rings. The van der Waals surface area contributed by atoms with E-state index < -0.39 is 9.84 Å². The molecule has 1 rings (SSSR count). The van der Waals surface area contributed by atoms with Gasteiger partial charge in [-0.05, 0) is 0 Å². The molecule has 0 aromatic heterocycles. The molecule has 1 atom stereocenters. The lowest BCUT2D eigenvalue weighted by Crippen LogP contribution is -2.47. The molecule has 0 saturated carbocycles. The minimum Gasteiger partial charge on any atom is -0.285 e. The quantitative estimate of drug-likeness (QED) is 0.733. The van der Waals surface area contributed by atoms with E-state index in [-0.39, 0.29) is 11.1 Å². The van der Waals surface area contributed by atoms with Gasteiger partial charge in [-0.1, -0.05) is 6.92 Å². The Balaban J connectivity index is 2.70. The average Bonchev–Trinajstić information content (AvgIpc) is 2.26. The highest BCUT2D eigenvalue weighted by Crippen LogP contribution is 2.21. The molecular formula is C9H16N2O2S2. The van der Waals surface area contributed by atoms with E-state index in [0.717, 1.165) is 12.3 Å². The topological polar surface area (TPSA) is 61.2 Å². The van der Waals surface area contributed by atoms with Crippen molar-refractivity contribution >= 4 is 21.6 Å². The zero-order valence-corrected chi connectivity index (χ0v) is 10.5. The minimum absolute atomic E-state index is 0.182. The first-order chi connectivity index (χ1) is 7.11. The van der Waals surface area contributed by atoms with E-state index >= 15 is 0 Å². The minimum atomic E-state index is -3.01. The van der Waals surface area contributed by atoms with Gasteiger partial charge in [-0.2, -0.15) is 17.0 Å². The van der Waals surface area contributed by atoms with Crippen LogP contribution in [-0.2, 0) is 9.84 Å². The highest BCUT2D eigenvalue weighted by atomic mass is 32.2. The van der Waals surface area contributed by atoms with Gasteiger partial charge < -0.3 is 0 Å². The van der Waals surface area contributed by atoms with Crippen LogP contribution in [0.2, 0.25) is 0 Å². The predicted octanol–water partition coefficient (Wildman–Crippen LogP) is 0.710. The summed E-state index contributed by atoms with van der Waals surface area (Å²) in [7, 11) is -3.01. The van der Waals surface area contributed by atoms with Crippen LogP contribution >= 0.6 is 11.8 Å². The van der Waals surface area contributed by atoms with E-state index in [1.165, 1.54) is 0 Å². The van der Waals surface area contributed by atoms with Crippen LogP contribution in [0, 0.1) is 11.3 Å². The van der Waals surface area contributed by atoms with Gasteiger partial charge in [0.05, 0.1) is 6.07 Å². The summed E-state index contributed by atoms with van der Waals surface area (Å²) in [5.41, 5.74) is 0. The second-order valence-corrected chi connectivity index (χ2v) is 7.02. The van der Waals surface area contributed by atoms with Crippen molar-refractivity contribution < 1.29 is 8.42 Å². The van der Waals surface area contributed by atoms with Gasteiger partial charge in [0.15, 0.2) is 9.84 Å². The summed E-state index contributed by atoms with van der Waals surface area (Å²) in [6.45, 7) is 3.02. The molecule has 0 aromatic rings. The first kappa shape index (κ1) is 12.8. The lowest BCUT2D eigenvalue weighted by Gasteiger charge is -2.33. The van der Waals surface area contributed by atoms with Gasteiger partial charge in [0.2, 0.25) is 0 Å². The molecule has 0 aliphatic carbocycles. The number of nitrogens with zero attached hydrogens (tertiary/aromatic N) is 2. The lowest BCUT2D eigenvalue weighted by molar-refractivity contribution is 0.276. The molecule has 0 N–H and O–H groups in total. The number of rotatable bonds is 4. The number of sulfone groups is 1. The van der Waals surface area contributed by atoms with Gasteiger partial charge in [-0.15, -0.1) is 0 Å². The molecule has 1 aliphatic heterocycles. The van der Waals surface area contributed by atoms with Crippen LogP contribution in [-0.4, -0.2) is 49.0 Å². The Morgan fingerprint density at radius 1 is 1.60 bits per heavy atom. The molecule has 1 saturated heterocycles. The summed E-state index contributed by atoms with van der Waals surface area (Å²) in [5.74, 6) is 1.78. The van der Waals surface area contributed by atoms with Gasteiger partial charge in [0.25, 0.3) is 0 Å². The fraction of sp³-hybridized carbons (Fsp3) is 0.889. The van der Waals surface area contributed by atoms with Crippen LogP contribution in [0.4, 0.5) is 0 Å². The molecule has 0 radical (unpaired) electrons. The van der Waals surface area contributed by atoms with Crippen molar-refractivity contribution in [1.82, 2.24) is 4.90 Å². The summed E-state index contributed by atoms with van der Waals surface area (Å²) in [6, 6.07) is 2.06. The first-order valence-corrected chi connectivity index (χ1v) is 7.89. The molecule has 0 amide bonds. The third kappa shape index (κ3) is 3.37. The highest BCUT2D eigenvalue weighted by Gasteiger charge is 2.32. The van der Waals surface area contributed by atoms with Crippen LogP contribution in [0.15, 0.2) is 0 Å². The summed E-state index contributed by atoms with van der Waals surface area (Å²) in [6.07, 6.45) is 0.403. The molecule has 0 spiro atoms. The van der Waals surface area contributed by atoms with Crippen molar-refractivity contribution in [2.24, 2.45) is 0 Å². The SMILES string of the molecule is CCS(=O)(=O)C1CSCCN1CCC#N. The maximum Gasteiger partial charge on any atom is 0.166 e. The van der Waals surface area contributed by atoms with Crippen LogP contribution in [0.5, 0.6) is 0 Å². The Bertz CT molecular complexity index is 335. The van der Waals surface area contributed by atoms with E-state index in [0.29, 0.717) is 18.7 Å². The zero-order chi connectivity index (χ0) is 11.3. The number of thioether (sulfide) groups is 1. The predicted molar refractivity (Wildman–Crippen MR) is 62.4 cm³/mol. The largest absolute Gasteiger partial charge is 0.285 e. The smallest absolute Gasteiger partial charge is 0.166 e. The zero-order valence-electron chi connectivity index (χ0n) is 8.85. The fourth-order valence-corrected chi connectivity index (χ4v) is 4.70. The molecule has 86 valence electrons. The van der Waals surface area contributed by atoms with Crippen LogP contribution in [0.25, 0.3) is 0 Å². The van der Waals surface area contributed by atoms with E-state index in [1.807, 2.05) is 4.90 Å². The Kier molecular flexibility index (Phi) is 4.90. The highest BCUT2D eigenvalue weighted by molar-refractivity contribution is 8.01. The van der Waals surface area contributed by atoms with E-state index in [4.69, 9.17) is 5.26 Å². The van der Waals surface area contributed by atoms with Gasteiger partial charge in [-0.25, -0.2) is 8.42 Å². The number of hydrogen-bond acceptors (Lipinski definition) is 5. The molecule has 4 nitrogen and oxygen atoms in total. The Hall–Kier alpha value is -0.250. The van der Waals surface area contributed by atoms with E-state index in [1.54, 1.807) is 18.7 Å². The van der Waals surface area contributed by atoms with Crippen molar-refractivity contribution in [3.63, 3.8) is 0 Å². The second kappa shape index (κ2) is 5.73. The molecular weight excluding hydrogens is 232 g/mol. The molecule has 1 heterocycles. The standard InChI is InChI=1S/C9H16N2O2S2/c1-2-15(12,13)9-8-14-7-6-11(9)5-3-4-10/h9H,2-3,5-8H2,1H3. The van der Waals surface area contributed by atoms with E-state index in [9.17, 15) is 8.42 Å². The first-order valence-electron chi connectivity index (χ1n) is 5.02. The molecule has 0 aromatic carbocycles. The lowest BCUT2D eigenvalue weighted by atomic mass is 10.4. The number of hydrogen-bond donors (Lipinski definition) is 0. The number of nitriles is 1. The molecule has 1 aliphatic rings. The van der Waals surface area contributed by atoms with Gasteiger partial charge in [-0.3, -0.25) is 4.90 Å². The van der Waals surface area contributed by atoms with Gasteiger partial charge >= 0.3 is 0 Å². The third-order valence-corrected chi connectivity index (χ3v) is 5.85. The summed E-state index contributed by atoms with van der Waals surface area (Å²) in [4.78, 5) is 1.93. The van der Waals surface area contributed by atoms with Crippen molar-refractivity contribution in [3.8, 4) is 6.07 Å². The molecule has 6 heteroatoms. The maximum absolute atomic E-state index is 11.8. The van der Waals surface area contributed by atoms with Crippen molar-refractivity contribution in [3.05, 3.63) is 0 Å². The van der Waals surface area contributed by atoms with Crippen molar-refractivity contribution in [1.29, 1.82) is 5.26 Å². The Labute approximate surface area is 95.6 Å². The molecule has 15 heavy (non-hydrogen) atoms. The average molecular weight is 248 g/mol. The van der Waals surface area contributed by atoms with Gasteiger partial charge in [0, 0.05) is 36.8 Å². The van der Waals surface area contributed by atoms with Crippen LogP contribution in [0.3, 0.4) is 0 Å². The van der Waals surface area contributed by atoms with Crippen LogP contribution in [0.1, 0.15) is 13.3 Å². The fourth-order valence-electron chi connectivity index (χ4n) is 1.59. The van der Waals surface area contributed by atoms with Gasteiger partial charge in [0.1, 0.15) is 5.37 Å².